The Bertz CT molecular complexity index is 1150. The second-order valence-corrected chi connectivity index (χ2v) is 6.22. The molecular weight excluding hydrogens is 361 g/mol. The molecule has 0 saturated heterocycles. The number of nitrogens with one attached hydrogen (secondary N) is 1. The van der Waals surface area contributed by atoms with Crippen molar-refractivity contribution in [2.45, 2.75) is 13.5 Å². The SMILES string of the molecule is Cc1cc(Nc2ccccc2)nc2nn(CCOc3ccc(F)cc3)c(=O)n12. The van der Waals surface area contributed by atoms with Crippen molar-refractivity contribution in [3.8, 4) is 5.75 Å². The number of para-hydroxylation sites is 1. The summed E-state index contributed by atoms with van der Waals surface area (Å²) in [5.41, 5.74) is 1.33. The van der Waals surface area contributed by atoms with Gasteiger partial charge in [0.1, 0.15) is 24.0 Å². The molecule has 28 heavy (non-hydrogen) atoms. The zero-order valence-corrected chi connectivity index (χ0v) is 15.2. The fourth-order valence-corrected chi connectivity index (χ4v) is 2.84. The Morgan fingerprint density at radius 1 is 1.11 bits per heavy atom. The first-order valence-electron chi connectivity index (χ1n) is 8.78. The van der Waals surface area contributed by atoms with Gasteiger partial charge in [0.15, 0.2) is 0 Å². The largest absolute Gasteiger partial charge is 0.492 e. The van der Waals surface area contributed by atoms with Crippen LogP contribution in [0.25, 0.3) is 5.78 Å². The summed E-state index contributed by atoms with van der Waals surface area (Å²) in [7, 11) is 0. The highest BCUT2D eigenvalue weighted by atomic mass is 19.1. The van der Waals surface area contributed by atoms with Crippen LogP contribution < -0.4 is 15.7 Å². The molecule has 0 spiro atoms. The number of anilines is 2. The molecule has 0 aliphatic heterocycles. The van der Waals surface area contributed by atoms with E-state index < -0.39 is 0 Å². The van der Waals surface area contributed by atoms with Gasteiger partial charge in [0, 0.05) is 17.4 Å². The van der Waals surface area contributed by atoms with Gasteiger partial charge in [0.05, 0.1) is 6.54 Å². The van der Waals surface area contributed by atoms with E-state index in [-0.39, 0.29) is 24.7 Å². The second-order valence-electron chi connectivity index (χ2n) is 6.22. The third-order valence-electron chi connectivity index (χ3n) is 4.17. The van der Waals surface area contributed by atoms with E-state index in [1.165, 1.54) is 33.3 Å². The number of fused-ring (bicyclic) bond motifs is 1. The normalized spacial score (nSPS) is 10.9. The van der Waals surface area contributed by atoms with E-state index in [0.717, 1.165) is 11.4 Å². The molecule has 2 aromatic carbocycles. The van der Waals surface area contributed by atoms with Crippen molar-refractivity contribution in [3.63, 3.8) is 0 Å². The van der Waals surface area contributed by atoms with Crippen molar-refractivity contribution in [2.24, 2.45) is 0 Å². The fraction of sp³-hybridized carbons (Fsp3) is 0.150. The Kier molecular flexibility index (Phi) is 4.76. The minimum Gasteiger partial charge on any atom is -0.492 e. The molecular formula is C20H18FN5O2. The number of halogens is 1. The minimum absolute atomic E-state index is 0.226. The lowest BCUT2D eigenvalue weighted by Crippen LogP contribution is -2.24. The van der Waals surface area contributed by atoms with Gasteiger partial charge in [-0.05, 0) is 43.3 Å². The molecule has 0 aliphatic rings. The van der Waals surface area contributed by atoms with Gasteiger partial charge in [-0.2, -0.15) is 4.98 Å². The fourth-order valence-electron chi connectivity index (χ4n) is 2.84. The Morgan fingerprint density at radius 3 is 2.61 bits per heavy atom. The first-order valence-corrected chi connectivity index (χ1v) is 8.78. The predicted molar refractivity (Wildman–Crippen MR) is 104 cm³/mol. The van der Waals surface area contributed by atoms with Crippen molar-refractivity contribution in [3.05, 3.63) is 82.7 Å². The monoisotopic (exact) mass is 379 g/mol. The zero-order chi connectivity index (χ0) is 19.5. The summed E-state index contributed by atoms with van der Waals surface area (Å²) in [6.45, 7) is 2.30. The van der Waals surface area contributed by atoms with Gasteiger partial charge in [0.25, 0.3) is 5.78 Å². The lowest BCUT2D eigenvalue weighted by Gasteiger charge is -2.06. The number of hydrogen-bond donors (Lipinski definition) is 1. The molecule has 7 nitrogen and oxygen atoms in total. The van der Waals surface area contributed by atoms with Gasteiger partial charge in [-0.1, -0.05) is 18.2 Å². The molecule has 142 valence electrons. The van der Waals surface area contributed by atoms with E-state index in [0.29, 0.717) is 17.3 Å². The van der Waals surface area contributed by atoms with Crippen LogP contribution in [0.1, 0.15) is 5.69 Å². The lowest BCUT2D eigenvalue weighted by atomic mass is 10.3. The summed E-state index contributed by atoms with van der Waals surface area (Å²) in [6.07, 6.45) is 0. The number of nitrogens with zero attached hydrogens (tertiary/aromatic N) is 4. The van der Waals surface area contributed by atoms with Gasteiger partial charge < -0.3 is 10.1 Å². The number of hydrogen-bond acceptors (Lipinski definition) is 5. The molecule has 4 rings (SSSR count). The van der Waals surface area contributed by atoms with Crippen molar-refractivity contribution in [1.82, 2.24) is 19.2 Å². The third kappa shape index (κ3) is 3.71. The quantitative estimate of drug-likeness (QED) is 0.557. The van der Waals surface area contributed by atoms with Crippen LogP contribution in [-0.2, 0) is 6.54 Å². The number of rotatable bonds is 6. The van der Waals surface area contributed by atoms with Gasteiger partial charge in [-0.3, -0.25) is 0 Å². The van der Waals surface area contributed by atoms with Crippen LogP contribution in [-0.4, -0.2) is 25.8 Å². The molecule has 0 unspecified atom stereocenters. The minimum atomic E-state index is -0.328. The molecule has 1 N–H and O–H groups in total. The molecule has 0 fully saturated rings. The number of aromatic nitrogens is 4. The zero-order valence-electron chi connectivity index (χ0n) is 15.2. The Balaban J connectivity index is 1.53. The van der Waals surface area contributed by atoms with E-state index >= 15 is 0 Å². The summed E-state index contributed by atoms with van der Waals surface area (Å²) >= 11 is 0. The Morgan fingerprint density at radius 2 is 1.86 bits per heavy atom. The second kappa shape index (κ2) is 7.51. The molecule has 0 radical (unpaired) electrons. The van der Waals surface area contributed by atoms with Crippen LogP contribution in [0.5, 0.6) is 5.75 Å². The van der Waals surface area contributed by atoms with Crippen LogP contribution in [0.3, 0.4) is 0 Å². The van der Waals surface area contributed by atoms with Gasteiger partial charge >= 0.3 is 5.69 Å². The number of ether oxygens (including phenoxy) is 1. The summed E-state index contributed by atoms with van der Waals surface area (Å²) in [5, 5.41) is 7.50. The van der Waals surface area contributed by atoms with Gasteiger partial charge in [-0.25, -0.2) is 18.3 Å². The van der Waals surface area contributed by atoms with Gasteiger partial charge in [0.2, 0.25) is 0 Å². The summed E-state index contributed by atoms with van der Waals surface area (Å²) < 4.78 is 21.2. The molecule has 8 heteroatoms. The van der Waals surface area contributed by atoms with Crippen molar-refractivity contribution in [1.29, 1.82) is 0 Å². The van der Waals surface area contributed by atoms with E-state index in [9.17, 15) is 9.18 Å². The van der Waals surface area contributed by atoms with Crippen LogP contribution in [0, 0.1) is 12.7 Å². The maximum Gasteiger partial charge on any atom is 0.351 e. The molecule has 0 aliphatic carbocycles. The maximum atomic E-state index is 12.9. The van der Waals surface area contributed by atoms with E-state index in [1.54, 1.807) is 6.07 Å². The average molecular weight is 379 g/mol. The van der Waals surface area contributed by atoms with Crippen molar-refractivity contribution < 1.29 is 9.13 Å². The van der Waals surface area contributed by atoms with Gasteiger partial charge in [-0.15, -0.1) is 5.10 Å². The van der Waals surface area contributed by atoms with E-state index in [1.807, 2.05) is 37.3 Å². The van der Waals surface area contributed by atoms with E-state index in [4.69, 9.17) is 4.74 Å². The van der Waals surface area contributed by atoms with Crippen molar-refractivity contribution in [2.75, 3.05) is 11.9 Å². The van der Waals surface area contributed by atoms with Crippen LogP contribution in [0.4, 0.5) is 15.9 Å². The predicted octanol–water partition coefficient (Wildman–Crippen LogP) is 3.16. The summed E-state index contributed by atoms with van der Waals surface area (Å²) in [4.78, 5) is 17.0. The van der Waals surface area contributed by atoms with Crippen LogP contribution in [0.2, 0.25) is 0 Å². The van der Waals surface area contributed by atoms with Crippen LogP contribution >= 0.6 is 0 Å². The maximum absolute atomic E-state index is 12.9. The number of aryl methyl sites for hydroxylation is 1. The molecule has 0 amide bonds. The molecule has 0 atom stereocenters. The topological polar surface area (TPSA) is 73.4 Å². The highest BCUT2D eigenvalue weighted by molar-refractivity contribution is 5.57. The molecule has 2 heterocycles. The molecule has 2 aromatic heterocycles. The Hall–Kier alpha value is -3.68. The highest BCUT2D eigenvalue weighted by Crippen LogP contribution is 2.15. The lowest BCUT2D eigenvalue weighted by molar-refractivity contribution is 0.288. The average Bonchev–Trinajstić information content (AvgIpc) is 3.00. The smallest absolute Gasteiger partial charge is 0.351 e. The Labute approximate surface area is 160 Å². The van der Waals surface area contributed by atoms with Crippen molar-refractivity contribution >= 4 is 17.3 Å². The van der Waals surface area contributed by atoms with Crippen LogP contribution in [0.15, 0.2) is 65.5 Å². The number of benzene rings is 2. The standard InChI is InChI=1S/C20H18FN5O2/c1-14-13-18(22-16-5-3-2-4-6-16)23-19-24-25(20(27)26(14)19)11-12-28-17-9-7-15(21)8-10-17/h2-10,13H,11-12H2,1H3,(H,22,23,24). The highest BCUT2D eigenvalue weighted by Gasteiger charge is 2.12. The summed E-state index contributed by atoms with van der Waals surface area (Å²) in [6, 6.07) is 17.1. The first kappa shape index (κ1) is 17.7. The molecule has 0 bridgehead atoms. The summed E-state index contributed by atoms with van der Waals surface area (Å²) in [5.74, 6) is 1.12. The third-order valence-corrected chi connectivity index (χ3v) is 4.17. The first-order chi connectivity index (χ1) is 13.6. The molecule has 4 aromatic rings. The molecule has 0 saturated carbocycles. The van der Waals surface area contributed by atoms with E-state index in [2.05, 4.69) is 15.4 Å².